The molecule has 0 atom stereocenters. The SMILES string of the molecule is O=C(O)CCCOCC1CCCCC1. The minimum atomic E-state index is -0.730. The number of carboxylic acids is 1. The number of carboxylic acid groups (broad SMARTS) is 1. The van der Waals surface area contributed by atoms with Crippen molar-refractivity contribution in [3.63, 3.8) is 0 Å². The highest BCUT2D eigenvalue weighted by Crippen LogP contribution is 2.23. The van der Waals surface area contributed by atoms with E-state index in [0.717, 1.165) is 12.5 Å². The zero-order valence-electron chi connectivity index (χ0n) is 8.71. The fraction of sp³-hybridized carbons (Fsp3) is 0.909. The van der Waals surface area contributed by atoms with E-state index >= 15 is 0 Å². The van der Waals surface area contributed by atoms with Gasteiger partial charge in [-0.2, -0.15) is 0 Å². The van der Waals surface area contributed by atoms with Crippen LogP contribution in [0.15, 0.2) is 0 Å². The fourth-order valence-electron chi connectivity index (χ4n) is 1.93. The zero-order valence-corrected chi connectivity index (χ0v) is 8.71. The monoisotopic (exact) mass is 200 g/mol. The van der Waals surface area contributed by atoms with Crippen molar-refractivity contribution in [2.45, 2.75) is 44.9 Å². The summed E-state index contributed by atoms with van der Waals surface area (Å²) in [6.07, 6.45) is 7.49. The third-order valence-electron chi connectivity index (χ3n) is 2.76. The van der Waals surface area contributed by atoms with Crippen LogP contribution in [0.1, 0.15) is 44.9 Å². The molecule has 0 heterocycles. The molecule has 0 aliphatic heterocycles. The van der Waals surface area contributed by atoms with Crippen LogP contribution < -0.4 is 0 Å². The van der Waals surface area contributed by atoms with Gasteiger partial charge < -0.3 is 9.84 Å². The Bertz CT molecular complexity index is 162. The van der Waals surface area contributed by atoms with E-state index in [4.69, 9.17) is 9.84 Å². The minimum absolute atomic E-state index is 0.227. The Morgan fingerprint density at radius 2 is 2.00 bits per heavy atom. The van der Waals surface area contributed by atoms with Gasteiger partial charge in [-0.05, 0) is 25.2 Å². The van der Waals surface area contributed by atoms with Crippen LogP contribution in [-0.4, -0.2) is 24.3 Å². The van der Waals surface area contributed by atoms with E-state index in [1.807, 2.05) is 0 Å². The maximum Gasteiger partial charge on any atom is 0.303 e. The van der Waals surface area contributed by atoms with E-state index in [0.29, 0.717) is 13.0 Å². The van der Waals surface area contributed by atoms with Crippen LogP contribution in [0.3, 0.4) is 0 Å². The van der Waals surface area contributed by atoms with Gasteiger partial charge in [0.15, 0.2) is 0 Å². The maximum atomic E-state index is 10.2. The highest BCUT2D eigenvalue weighted by molar-refractivity contribution is 5.66. The Hall–Kier alpha value is -0.570. The Kier molecular flexibility index (Phi) is 5.60. The number of aliphatic carboxylic acids is 1. The quantitative estimate of drug-likeness (QED) is 0.670. The average Bonchev–Trinajstić information content (AvgIpc) is 2.18. The van der Waals surface area contributed by atoms with Crippen molar-refractivity contribution in [1.29, 1.82) is 0 Å². The van der Waals surface area contributed by atoms with Crippen LogP contribution >= 0.6 is 0 Å². The van der Waals surface area contributed by atoms with Crippen molar-refractivity contribution < 1.29 is 14.6 Å². The van der Waals surface area contributed by atoms with Gasteiger partial charge in [-0.1, -0.05) is 19.3 Å². The molecular weight excluding hydrogens is 180 g/mol. The first-order valence-electron chi connectivity index (χ1n) is 5.58. The lowest BCUT2D eigenvalue weighted by atomic mass is 9.90. The van der Waals surface area contributed by atoms with E-state index in [1.54, 1.807) is 0 Å². The second kappa shape index (κ2) is 6.82. The summed E-state index contributed by atoms with van der Waals surface area (Å²) in [5.41, 5.74) is 0. The smallest absolute Gasteiger partial charge is 0.303 e. The van der Waals surface area contributed by atoms with Crippen LogP contribution in [0.4, 0.5) is 0 Å². The van der Waals surface area contributed by atoms with Crippen molar-refractivity contribution in [3.05, 3.63) is 0 Å². The summed E-state index contributed by atoms with van der Waals surface area (Å²) in [4.78, 5) is 10.2. The molecule has 1 fully saturated rings. The number of ether oxygens (including phenoxy) is 1. The summed E-state index contributed by atoms with van der Waals surface area (Å²) in [5.74, 6) is -0.000144. The molecule has 0 spiro atoms. The molecule has 0 unspecified atom stereocenters. The van der Waals surface area contributed by atoms with E-state index in [-0.39, 0.29) is 6.42 Å². The second-order valence-electron chi connectivity index (χ2n) is 4.08. The lowest BCUT2D eigenvalue weighted by Crippen LogP contribution is -2.14. The van der Waals surface area contributed by atoms with Crippen molar-refractivity contribution in [2.75, 3.05) is 13.2 Å². The molecule has 14 heavy (non-hydrogen) atoms. The Balaban J connectivity index is 1.90. The third kappa shape index (κ3) is 5.22. The molecule has 1 aliphatic carbocycles. The standard InChI is InChI=1S/C11H20O3/c12-11(13)7-4-8-14-9-10-5-2-1-3-6-10/h10H,1-9H2,(H,12,13). The lowest BCUT2D eigenvalue weighted by Gasteiger charge is -2.21. The molecule has 82 valence electrons. The van der Waals surface area contributed by atoms with Crippen LogP contribution in [0.5, 0.6) is 0 Å². The third-order valence-corrected chi connectivity index (χ3v) is 2.76. The molecule has 0 saturated heterocycles. The van der Waals surface area contributed by atoms with Gasteiger partial charge in [0.1, 0.15) is 0 Å². The van der Waals surface area contributed by atoms with Gasteiger partial charge >= 0.3 is 5.97 Å². The topological polar surface area (TPSA) is 46.5 Å². The molecule has 1 aliphatic rings. The van der Waals surface area contributed by atoms with Gasteiger partial charge in [0, 0.05) is 19.6 Å². The summed E-state index contributed by atoms with van der Waals surface area (Å²) in [6, 6.07) is 0. The molecule has 3 heteroatoms. The van der Waals surface area contributed by atoms with Gasteiger partial charge in [-0.25, -0.2) is 0 Å². The van der Waals surface area contributed by atoms with Gasteiger partial charge in [0.05, 0.1) is 0 Å². The molecule has 0 aromatic carbocycles. The van der Waals surface area contributed by atoms with Crippen molar-refractivity contribution in [2.24, 2.45) is 5.92 Å². The van der Waals surface area contributed by atoms with Crippen molar-refractivity contribution in [3.8, 4) is 0 Å². The number of hydrogen-bond donors (Lipinski definition) is 1. The van der Waals surface area contributed by atoms with E-state index in [1.165, 1.54) is 32.1 Å². The number of rotatable bonds is 6. The van der Waals surface area contributed by atoms with Crippen LogP contribution in [0.2, 0.25) is 0 Å². The van der Waals surface area contributed by atoms with E-state index < -0.39 is 5.97 Å². The molecule has 0 radical (unpaired) electrons. The molecule has 3 nitrogen and oxygen atoms in total. The fourth-order valence-corrected chi connectivity index (χ4v) is 1.93. The Labute approximate surface area is 85.5 Å². The Morgan fingerprint density at radius 1 is 1.29 bits per heavy atom. The lowest BCUT2D eigenvalue weighted by molar-refractivity contribution is -0.137. The predicted molar refractivity (Wildman–Crippen MR) is 54.3 cm³/mol. The second-order valence-corrected chi connectivity index (χ2v) is 4.08. The minimum Gasteiger partial charge on any atom is -0.481 e. The first-order chi connectivity index (χ1) is 6.79. The molecule has 0 aromatic heterocycles. The summed E-state index contributed by atoms with van der Waals surface area (Å²) in [5, 5.41) is 8.41. The first-order valence-corrected chi connectivity index (χ1v) is 5.58. The van der Waals surface area contributed by atoms with Crippen LogP contribution in [-0.2, 0) is 9.53 Å². The summed E-state index contributed by atoms with van der Waals surface area (Å²) < 4.78 is 5.46. The molecule has 0 aromatic rings. The van der Waals surface area contributed by atoms with Crippen LogP contribution in [0.25, 0.3) is 0 Å². The summed E-state index contributed by atoms with van der Waals surface area (Å²) >= 11 is 0. The average molecular weight is 200 g/mol. The number of hydrogen-bond acceptors (Lipinski definition) is 2. The molecule has 1 saturated carbocycles. The highest BCUT2D eigenvalue weighted by Gasteiger charge is 2.12. The highest BCUT2D eigenvalue weighted by atomic mass is 16.5. The molecule has 0 amide bonds. The molecule has 1 N–H and O–H groups in total. The maximum absolute atomic E-state index is 10.2. The van der Waals surface area contributed by atoms with Crippen molar-refractivity contribution >= 4 is 5.97 Å². The molecule has 1 rings (SSSR count). The van der Waals surface area contributed by atoms with Gasteiger partial charge in [-0.3, -0.25) is 4.79 Å². The summed E-state index contributed by atoms with van der Waals surface area (Å²) in [6.45, 7) is 1.43. The largest absolute Gasteiger partial charge is 0.481 e. The predicted octanol–water partition coefficient (Wildman–Crippen LogP) is 2.45. The summed E-state index contributed by atoms with van der Waals surface area (Å²) in [7, 11) is 0. The zero-order chi connectivity index (χ0) is 10.2. The van der Waals surface area contributed by atoms with Crippen LogP contribution in [0, 0.1) is 5.92 Å². The van der Waals surface area contributed by atoms with Gasteiger partial charge in [0.25, 0.3) is 0 Å². The molecule has 0 bridgehead atoms. The van der Waals surface area contributed by atoms with Gasteiger partial charge in [-0.15, -0.1) is 0 Å². The van der Waals surface area contributed by atoms with E-state index in [2.05, 4.69) is 0 Å². The van der Waals surface area contributed by atoms with E-state index in [9.17, 15) is 4.79 Å². The molecular formula is C11H20O3. The Morgan fingerprint density at radius 3 is 2.64 bits per heavy atom. The van der Waals surface area contributed by atoms with Crippen molar-refractivity contribution in [1.82, 2.24) is 0 Å². The first kappa shape index (κ1) is 11.5. The van der Waals surface area contributed by atoms with Gasteiger partial charge in [0.2, 0.25) is 0 Å². The normalized spacial score (nSPS) is 18.3. The number of carbonyl (C=O) groups is 1.